The number of fused-ring (bicyclic) bond motifs is 2. The quantitative estimate of drug-likeness (QED) is 0.424. The zero-order chi connectivity index (χ0) is 13.9. The largest absolute Gasteiger partial charge is 0.361 e. The number of aromatic nitrogens is 2. The average Bonchev–Trinajstić information content (AvgIpc) is 3.08. The molecule has 0 atom stereocenters. The van der Waals surface area contributed by atoms with Gasteiger partial charge in [0.1, 0.15) is 0 Å². The van der Waals surface area contributed by atoms with Gasteiger partial charge in [0, 0.05) is 37.1 Å². The van der Waals surface area contributed by atoms with Gasteiger partial charge < -0.3 is 9.97 Å². The Hall–Kier alpha value is -2.48. The normalized spacial score (nSPS) is 10.5. The second-order valence-corrected chi connectivity index (χ2v) is 5.03. The van der Waals surface area contributed by atoms with E-state index in [2.05, 4.69) is 66.3 Å². The van der Waals surface area contributed by atoms with Crippen LogP contribution in [-0.4, -0.2) is 9.97 Å². The minimum Gasteiger partial charge on any atom is -0.361 e. The van der Waals surface area contributed by atoms with Crippen molar-refractivity contribution in [2.24, 2.45) is 0 Å². The van der Waals surface area contributed by atoms with Gasteiger partial charge in [0.15, 0.2) is 0 Å². The summed E-state index contributed by atoms with van der Waals surface area (Å²) in [6, 6.07) is 16.7. The van der Waals surface area contributed by atoms with E-state index in [1.54, 1.807) is 0 Å². The van der Waals surface area contributed by atoms with Crippen LogP contribution in [0.2, 0.25) is 0 Å². The van der Waals surface area contributed by atoms with Crippen LogP contribution in [0.15, 0.2) is 60.9 Å². The predicted octanol–water partition coefficient (Wildman–Crippen LogP) is 5.44. The first-order valence-electron chi connectivity index (χ1n) is 6.81. The summed E-state index contributed by atoms with van der Waals surface area (Å²) in [5, 5.41) is 2.64. The predicted molar refractivity (Wildman–Crippen MR) is 90.3 cm³/mol. The van der Waals surface area contributed by atoms with E-state index in [0.29, 0.717) is 0 Å². The Kier molecular flexibility index (Phi) is 3.30. The van der Waals surface area contributed by atoms with Crippen molar-refractivity contribution in [3.8, 4) is 0 Å². The highest BCUT2D eigenvalue weighted by Gasteiger charge is 1.94. The van der Waals surface area contributed by atoms with E-state index in [-0.39, 0.29) is 2.85 Å². The van der Waals surface area contributed by atoms with Crippen LogP contribution >= 0.6 is 0 Å². The third kappa shape index (κ3) is 2.32. The van der Waals surface area contributed by atoms with Crippen LogP contribution in [0.3, 0.4) is 0 Å². The van der Waals surface area contributed by atoms with Crippen LogP contribution in [-0.2, 0) is 0 Å². The number of H-pyrrole nitrogens is 2. The summed E-state index contributed by atoms with van der Waals surface area (Å²) in [4.78, 5) is 6.35. The van der Waals surface area contributed by atoms with Crippen LogP contribution in [0, 0.1) is 13.8 Å². The summed E-state index contributed by atoms with van der Waals surface area (Å²) >= 11 is 0. The van der Waals surface area contributed by atoms with Gasteiger partial charge in [0.05, 0.1) is 0 Å². The first-order valence-corrected chi connectivity index (χ1v) is 6.81. The van der Waals surface area contributed by atoms with Gasteiger partial charge in [-0.05, 0) is 43.2 Å². The van der Waals surface area contributed by atoms with Gasteiger partial charge in [-0.15, -0.1) is 0 Å². The van der Waals surface area contributed by atoms with Crippen LogP contribution < -0.4 is 0 Å². The maximum absolute atomic E-state index is 3.19. The standard InChI is InChI=1S/2C9H9N.2H2/c1-7-3-2-4-9-8(7)5-6-10-9;1-7-6-10-9-5-3-2-4-8(7)9;;/h2*2-6,10H,1H3;2*1H. The van der Waals surface area contributed by atoms with Crippen molar-refractivity contribution in [2.45, 2.75) is 13.8 Å². The molecule has 104 valence electrons. The van der Waals surface area contributed by atoms with Crippen molar-refractivity contribution in [3.05, 3.63) is 72.1 Å². The fourth-order valence-electron chi connectivity index (χ4n) is 2.46. The van der Waals surface area contributed by atoms with Gasteiger partial charge in [0.25, 0.3) is 0 Å². The van der Waals surface area contributed by atoms with Gasteiger partial charge in [-0.1, -0.05) is 30.3 Å². The minimum absolute atomic E-state index is 0. The van der Waals surface area contributed by atoms with E-state index in [1.165, 1.54) is 32.9 Å². The molecule has 2 aromatic heterocycles. The molecule has 0 aliphatic rings. The molecule has 0 saturated heterocycles. The molecule has 4 rings (SSSR count). The molecule has 0 unspecified atom stereocenters. The smallest absolute Gasteiger partial charge is 0.0456 e. The van der Waals surface area contributed by atoms with Crippen LogP contribution in [0.5, 0.6) is 0 Å². The van der Waals surface area contributed by atoms with E-state index in [9.17, 15) is 0 Å². The summed E-state index contributed by atoms with van der Waals surface area (Å²) in [5.74, 6) is 0. The van der Waals surface area contributed by atoms with E-state index in [1.807, 2.05) is 18.5 Å². The van der Waals surface area contributed by atoms with Crippen molar-refractivity contribution in [1.82, 2.24) is 9.97 Å². The maximum Gasteiger partial charge on any atom is 0.0456 e. The first kappa shape index (κ1) is 12.5. The molecule has 0 radical (unpaired) electrons. The fraction of sp³-hybridized carbons (Fsp3) is 0.111. The molecule has 20 heavy (non-hydrogen) atoms. The highest BCUT2D eigenvalue weighted by molar-refractivity contribution is 5.83. The Labute approximate surface area is 121 Å². The maximum atomic E-state index is 3.19. The fourth-order valence-corrected chi connectivity index (χ4v) is 2.46. The average molecular weight is 266 g/mol. The molecule has 0 bridgehead atoms. The lowest BCUT2D eigenvalue weighted by Crippen LogP contribution is -1.71. The van der Waals surface area contributed by atoms with Crippen LogP contribution in [0.4, 0.5) is 0 Å². The number of aryl methyl sites for hydroxylation is 2. The highest BCUT2D eigenvalue weighted by Crippen LogP contribution is 2.16. The van der Waals surface area contributed by atoms with E-state index < -0.39 is 0 Å². The zero-order valence-corrected chi connectivity index (χ0v) is 11.8. The molecule has 0 fully saturated rings. The molecule has 4 aromatic rings. The second kappa shape index (κ2) is 5.25. The molecule has 2 heteroatoms. The molecule has 0 spiro atoms. The lowest BCUT2D eigenvalue weighted by Gasteiger charge is -1.92. The molecule has 2 aromatic carbocycles. The molecule has 2 nitrogen and oxygen atoms in total. The SMILES string of the molecule is Cc1c[nH]c2ccccc12.Cc1cccc2[nH]ccc12.[HH].[HH]. The van der Waals surface area contributed by atoms with E-state index >= 15 is 0 Å². The molecule has 0 saturated carbocycles. The molecule has 0 aliphatic carbocycles. The van der Waals surface area contributed by atoms with Crippen molar-refractivity contribution in [2.75, 3.05) is 0 Å². The van der Waals surface area contributed by atoms with Gasteiger partial charge in [-0.25, -0.2) is 0 Å². The number of hydrogen-bond acceptors (Lipinski definition) is 0. The number of nitrogens with one attached hydrogen (secondary N) is 2. The van der Waals surface area contributed by atoms with Crippen molar-refractivity contribution in [3.63, 3.8) is 0 Å². The monoisotopic (exact) mass is 266 g/mol. The Bertz CT molecular complexity index is 840. The van der Waals surface area contributed by atoms with Crippen molar-refractivity contribution >= 4 is 21.8 Å². The summed E-state index contributed by atoms with van der Waals surface area (Å²) < 4.78 is 0. The molecule has 2 heterocycles. The van der Waals surface area contributed by atoms with E-state index in [4.69, 9.17) is 0 Å². The summed E-state index contributed by atoms with van der Waals surface area (Å²) in [7, 11) is 0. The molecule has 2 N–H and O–H groups in total. The second-order valence-electron chi connectivity index (χ2n) is 5.03. The lowest BCUT2D eigenvalue weighted by molar-refractivity contribution is 1.43. The third-order valence-electron chi connectivity index (χ3n) is 3.61. The summed E-state index contributed by atoms with van der Waals surface area (Å²) in [5.41, 5.74) is 5.09. The number of aromatic amines is 2. The summed E-state index contributed by atoms with van der Waals surface area (Å²) in [6.45, 7) is 4.23. The molecular formula is C18H22N2. The summed E-state index contributed by atoms with van der Waals surface area (Å²) in [6.07, 6.45) is 4.00. The Morgan fingerprint density at radius 3 is 2.20 bits per heavy atom. The van der Waals surface area contributed by atoms with Crippen LogP contribution in [0.25, 0.3) is 21.8 Å². The Balaban J connectivity index is 0.000000202. The zero-order valence-electron chi connectivity index (χ0n) is 11.8. The molecule has 0 aliphatic heterocycles. The number of benzene rings is 2. The Morgan fingerprint density at radius 1 is 0.700 bits per heavy atom. The molecular weight excluding hydrogens is 244 g/mol. The van der Waals surface area contributed by atoms with Crippen molar-refractivity contribution in [1.29, 1.82) is 0 Å². The third-order valence-corrected chi connectivity index (χ3v) is 3.61. The van der Waals surface area contributed by atoms with E-state index in [0.717, 1.165) is 0 Å². The minimum atomic E-state index is 0. The van der Waals surface area contributed by atoms with Crippen LogP contribution in [0.1, 0.15) is 14.0 Å². The topological polar surface area (TPSA) is 31.6 Å². The van der Waals surface area contributed by atoms with Gasteiger partial charge >= 0.3 is 0 Å². The number of rotatable bonds is 0. The number of hydrogen-bond donors (Lipinski definition) is 2. The number of para-hydroxylation sites is 1. The first-order chi connectivity index (χ1) is 9.75. The van der Waals surface area contributed by atoms with Gasteiger partial charge in [-0.3, -0.25) is 0 Å². The lowest BCUT2D eigenvalue weighted by atomic mass is 10.1. The van der Waals surface area contributed by atoms with Gasteiger partial charge in [0.2, 0.25) is 0 Å². The Morgan fingerprint density at radius 2 is 1.40 bits per heavy atom. The highest BCUT2D eigenvalue weighted by atomic mass is 14.7. The van der Waals surface area contributed by atoms with Crippen molar-refractivity contribution < 1.29 is 2.85 Å². The van der Waals surface area contributed by atoms with Gasteiger partial charge in [-0.2, -0.15) is 0 Å². The molecule has 0 amide bonds.